The molecule has 0 saturated carbocycles. The van der Waals surface area contributed by atoms with E-state index in [1.165, 1.54) is 5.56 Å². The van der Waals surface area contributed by atoms with E-state index in [-0.39, 0.29) is 31.0 Å². The summed E-state index contributed by atoms with van der Waals surface area (Å²) < 4.78 is 10.9. The first-order valence-corrected chi connectivity index (χ1v) is 7.78. The summed E-state index contributed by atoms with van der Waals surface area (Å²) in [6.07, 6.45) is 2.62. The van der Waals surface area contributed by atoms with Crippen LogP contribution in [0.4, 0.5) is 0 Å². The minimum atomic E-state index is -0.150. The first-order valence-electron chi connectivity index (χ1n) is 7.78. The Hall–Kier alpha value is -1.98. The molecule has 0 fully saturated rings. The van der Waals surface area contributed by atoms with Gasteiger partial charge in [0.2, 0.25) is 0 Å². The van der Waals surface area contributed by atoms with Gasteiger partial charge in [-0.05, 0) is 50.3 Å². The van der Waals surface area contributed by atoms with Gasteiger partial charge in [-0.1, -0.05) is 19.1 Å². The molecule has 1 amide bonds. The SMILES string of the molecule is CCc1ccc(OCC(=O)NCC(c2ccco2)N(C)C)cc1.Cl. The highest BCUT2D eigenvalue weighted by Crippen LogP contribution is 2.17. The fourth-order valence-electron chi connectivity index (χ4n) is 2.25. The van der Waals surface area contributed by atoms with Crippen LogP contribution in [0.15, 0.2) is 47.1 Å². The third kappa shape index (κ3) is 5.91. The number of halogens is 1. The molecule has 0 bridgehead atoms. The molecule has 0 aliphatic carbocycles. The highest BCUT2D eigenvalue weighted by Gasteiger charge is 2.17. The smallest absolute Gasteiger partial charge is 0.258 e. The van der Waals surface area contributed by atoms with E-state index in [1.807, 2.05) is 55.4 Å². The molecule has 1 aromatic carbocycles. The lowest BCUT2D eigenvalue weighted by Gasteiger charge is -2.22. The summed E-state index contributed by atoms with van der Waals surface area (Å²) in [5.41, 5.74) is 1.24. The zero-order chi connectivity index (χ0) is 16.7. The van der Waals surface area contributed by atoms with Crippen LogP contribution in [0.2, 0.25) is 0 Å². The molecule has 0 aliphatic heterocycles. The van der Waals surface area contributed by atoms with E-state index in [0.717, 1.165) is 12.2 Å². The van der Waals surface area contributed by atoms with E-state index < -0.39 is 0 Å². The summed E-state index contributed by atoms with van der Waals surface area (Å²) in [5, 5.41) is 2.88. The van der Waals surface area contributed by atoms with Crippen LogP contribution in [0.3, 0.4) is 0 Å². The van der Waals surface area contributed by atoms with Gasteiger partial charge in [-0.3, -0.25) is 9.69 Å². The van der Waals surface area contributed by atoms with Crippen molar-refractivity contribution in [2.45, 2.75) is 19.4 Å². The maximum atomic E-state index is 12.0. The van der Waals surface area contributed by atoms with Crippen molar-refractivity contribution < 1.29 is 13.9 Å². The Morgan fingerprint density at radius 3 is 2.50 bits per heavy atom. The second kappa shape index (κ2) is 10.0. The third-order valence-corrected chi connectivity index (χ3v) is 3.69. The summed E-state index contributed by atoms with van der Waals surface area (Å²) in [4.78, 5) is 14.0. The molecule has 132 valence electrons. The molecule has 1 unspecified atom stereocenters. The summed E-state index contributed by atoms with van der Waals surface area (Å²) in [7, 11) is 3.90. The quantitative estimate of drug-likeness (QED) is 0.793. The van der Waals surface area contributed by atoms with Gasteiger partial charge in [0.05, 0.1) is 12.3 Å². The first-order chi connectivity index (χ1) is 11.1. The van der Waals surface area contributed by atoms with Gasteiger partial charge in [-0.15, -0.1) is 12.4 Å². The summed E-state index contributed by atoms with van der Waals surface area (Å²) in [6.45, 7) is 2.57. The van der Waals surface area contributed by atoms with Crippen molar-refractivity contribution >= 4 is 18.3 Å². The zero-order valence-corrected chi connectivity index (χ0v) is 15.1. The number of aryl methyl sites for hydroxylation is 1. The molecular weight excluding hydrogens is 328 g/mol. The van der Waals surface area contributed by atoms with E-state index in [4.69, 9.17) is 9.15 Å². The van der Waals surface area contributed by atoms with Gasteiger partial charge in [-0.2, -0.15) is 0 Å². The standard InChI is InChI=1S/C18H24N2O3.ClH/c1-4-14-7-9-15(10-8-14)23-13-18(21)19-12-16(20(2)3)17-6-5-11-22-17;/h5-11,16H,4,12-13H2,1-3H3,(H,19,21);1H. The number of carbonyl (C=O) groups is 1. The van der Waals surface area contributed by atoms with Crippen molar-refractivity contribution in [3.63, 3.8) is 0 Å². The van der Waals surface area contributed by atoms with Crippen molar-refractivity contribution in [1.82, 2.24) is 10.2 Å². The van der Waals surface area contributed by atoms with Crippen molar-refractivity contribution in [2.24, 2.45) is 0 Å². The van der Waals surface area contributed by atoms with Crippen LogP contribution in [0.5, 0.6) is 5.75 Å². The van der Waals surface area contributed by atoms with Crippen LogP contribution < -0.4 is 10.1 Å². The Bertz CT molecular complexity index is 597. The molecule has 0 radical (unpaired) electrons. The lowest BCUT2D eigenvalue weighted by Crippen LogP contribution is -2.36. The van der Waals surface area contributed by atoms with Crippen molar-refractivity contribution in [3.8, 4) is 5.75 Å². The Balaban J connectivity index is 0.00000288. The van der Waals surface area contributed by atoms with Crippen LogP contribution in [0, 0.1) is 0 Å². The molecule has 0 saturated heterocycles. The summed E-state index contributed by atoms with van der Waals surface area (Å²) in [6, 6.07) is 11.5. The number of nitrogens with one attached hydrogen (secondary N) is 1. The Labute approximate surface area is 149 Å². The predicted molar refractivity (Wildman–Crippen MR) is 96.7 cm³/mol. The number of hydrogen-bond acceptors (Lipinski definition) is 4. The number of benzene rings is 1. The largest absolute Gasteiger partial charge is 0.484 e. The second-order valence-electron chi connectivity index (χ2n) is 5.59. The third-order valence-electron chi connectivity index (χ3n) is 3.69. The molecule has 2 aromatic rings. The van der Waals surface area contributed by atoms with Gasteiger partial charge >= 0.3 is 0 Å². The second-order valence-corrected chi connectivity index (χ2v) is 5.59. The molecule has 0 aliphatic rings. The van der Waals surface area contributed by atoms with E-state index in [2.05, 4.69) is 12.2 Å². The summed E-state index contributed by atoms with van der Waals surface area (Å²) in [5.74, 6) is 1.38. The fourth-order valence-corrected chi connectivity index (χ4v) is 2.25. The van der Waals surface area contributed by atoms with E-state index in [9.17, 15) is 4.79 Å². The highest BCUT2D eigenvalue weighted by molar-refractivity contribution is 5.85. The average Bonchev–Trinajstić information content (AvgIpc) is 3.07. The van der Waals surface area contributed by atoms with Crippen LogP contribution in [0.25, 0.3) is 0 Å². The summed E-state index contributed by atoms with van der Waals surface area (Å²) >= 11 is 0. The Kier molecular flexibility index (Phi) is 8.36. The highest BCUT2D eigenvalue weighted by atomic mass is 35.5. The number of hydrogen-bond donors (Lipinski definition) is 1. The molecule has 1 N–H and O–H groups in total. The van der Waals surface area contributed by atoms with Gasteiger partial charge in [-0.25, -0.2) is 0 Å². The topological polar surface area (TPSA) is 54.7 Å². The minimum absolute atomic E-state index is 0. The number of carbonyl (C=O) groups excluding carboxylic acids is 1. The molecule has 2 rings (SSSR count). The molecule has 24 heavy (non-hydrogen) atoms. The Morgan fingerprint density at radius 1 is 1.25 bits per heavy atom. The van der Waals surface area contributed by atoms with E-state index in [0.29, 0.717) is 12.3 Å². The van der Waals surface area contributed by atoms with Crippen LogP contribution in [-0.4, -0.2) is 38.1 Å². The fraction of sp³-hybridized carbons (Fsp3) is 0.389. The van der Waals surface area contributed by atoms with Crippen LogP contribution >= 0.6 is 12.4 Å². The number of likely N-dealkylation sites (N-methyl/N-ethyl adjacent to an activating group) is 1. The first kappa shape index (κ1) is 20.1. The maximum absolute atomic E-state index is 12.0. The van der Waals surface area contributed by atoms with E-state index in [1.54, 1.807) is 6.26 Å². The maximum Gasteiger partial charge on any atom is 0.258 e. The van der Waals surface area contributed by atoms with Gasteiger partial charge < -0.3 is 14.5 Å². The van der Waals surface area contributed by atoms with Crippen molar-refractivity contribution in [2.75, 3.05) is 27.2 Å². The monoisotopic (exact) mass is 352 g/mol. The molecule has 0 spiro atoms. The molecule has 1 aromatic heterocycles. The molecule has 6 heteroatoms. The van der Waals surface area contributed by atoms with Crippen molar-refractivity contribution in [1.29, 1.82) is 0 Å². The van der Waals surface area contributed by atoms with Crippen molar-refractivity contribution in [3.05, 3.63) is 54.0 Å². The lowest BCUT2D eigenvalue weighted by molar-refractivity contribution is -0.123. The molecular formula is C18H25ClN2O3. The normalized spacial score (nSPS) is 11.7. The number of amides is 1. The Morgan fingerprint density at radius 2 is 1.96 bits per heavy atom. The lowest BCUT2D eigenvalue weighted by atomic mass is 10.2. The average molecular weight is 353 g/mol. The molecule has 1 atom stereocenters. The van der Waals surface area contributed by atoms with Gasteiger partial charge in [0, 0.05) is 6.54 Å². The number of nitrogens with zero attached hydrogens (tertiary/aromatic N) is 1. The molecule has 1 heterocycles. The van der Waals surface area contributed by atoms with Crippen LogP contribution in [-0.2, 0) is 11.2 Å². The zero-order valence-electron chi connectivity index (χ0n) is 14.3. The van der Waals surface area contributed by atoms with Crippen LogP contribution in [0.1, 0.15) is 24.3 Å². The molecule has 5 nitrogen and oxygen atoms in total. The van der Waals surface area contributed by atoms with Gasteiger partial charge in [0.25, 0.3) is 5.91 Å². The number of furan rings is 1. The van der Waals surface area contributed by atoms with Gasteiger partial charge in [0.15, 0.2) is 6.61 Å². The van der Waals surface area contributed by atoms with Gasteiger partial charge in [0.1, 0.15) is 11.5 Å². The van der Waals surface area contributed by atoms with E-state index >= 15 is 0 Å². The number of ether oxygens (including phenoxy) is 1. The minimum Gasteiger partial charge on any atom is -0.484 e. The predicted octanol–water partition coefficient (Wildman–Crippen LogP) is 3.06. The number of rotatable bonds is 8.